The zero-order valence-electron chi connectivity index (χ0n) is 11.3. The SMILES string of the molecule is O=c1c2ccncc2ncn1CC(O)c1c(F)cccc1F. The Kier molecular flexibility index (Phi) is 3.64. The highest BCUT2D eigenvalue weighted by Gasteiger charge is 2.19. The van der Waals surface area contributed by atoms with Crippen LogP contribution in [0.1, 0.15) is 11.7 Å². The van der Waals surface area contributed by atoms with E-state index in [1.54, 1.807) is 0 Å². The van der Waals surface area contributed by atoms with E-state index in [-0.39, 0.29) is 6.54 Å². The first kappa shape index (κ1) is 14.3. The van der Waals surface area contributed by atoms with E-state index in [0.29, 0.717) is 10.9 Å². The summed E-state index contributed by atoms with van der Waals surface area (Å²) in [5.41, 5.74) is -0.470. The van der Waals surface area contributed by atoms with Crippen LogP contribution in [0.3, 0.4) is 0 Å². The molecule has 2 aromatic heterocycles. The number of hydrogen-bond acceptors (Lipinski definition) is 4. The molecule has 0 aliphatic carbocycles. The molecule has 1 aromatic carbocycles. The van der Waals surface area contributed by atoms with Crippen LogP contribution in [0.5, 0.6) is 0 Å². The topological polar surface area (TPSA) is 68.0 Å². The van der Waals surface area contributed by atoms with Gasteiger partial charge in [-0.3, -0.25) is 14.3 Å². The molecule has 7 heteroatoms. The van der Waals surface area contributed by atoms with Crippen molar-refractivity contribution in [2.24, 2.45) is 0 Å². The highest BCUT2D eigenvalue weighted by Crippen LogP contribution is 2.21. The Balaban J connectivity index is 2.00. The third-order valence-electron chi connectivity index (χ3n) is 3.33. The summed E-state index contributed by atoms with van der Waals surface area (Å²) < 4.78 is 28.4. The lowest BCUT2D eigenvalue weighted by molar-refractivity contribution is 0.145. The lowest BCUT2D eigenvalue weighted by atomic mass is 10.1. The van der Waals surface area contributed by atoms with E-state index >= 15 is 0 Å². The summed E-state index contributed by atoms with van der Waals surface area (Å²) in [5.74, 6) is -1.73. The number of aromatic nitrogens is 3. The lowest BCUT2D eigenvalue weighted by Gasteiger charge is -2.14. The molecule has 22 heavy (non-hydrogen) atoms. The fourth-order valence-electron chi connectivity index (χ4n) is 2.25. The van der Waals surface area contributed by atoms with Crippen LogP contribution in [0.25, 0.3) is 10.9 Å². The molecule has 1 atom stereocenters. The average molecular weight is 303 g/mol. The zero-order chi connectivity index (χ0) is 15.7. The standard InChI is InChI=1S/C15H11F2N3O2/c16-10-2-1-3-11(17)14(10)13(21)7-20-8-19-12-6-18-5-4-9(12)15(20)22/h1-6,8,13,21H,7H2. The number of nitrogens with zero attached hydrogens (tertiary/aromatic N) is 3. The van der Waals surface area contributed by atoms with E-state index in [0.717, 1.165) is 16.7 Å². The summed E-state index contributed by atoms with van der Waals surface area (Å²) in [6, 6.07) is 4.80. The van der Waals surface area contributed by atoms with Gasteiger partial charge < -0.3 is 5.11 Å². The number of hydrogen-bond donors (Lipinski definition) is 1. The summed E-state index contributed by atoms with van der Waals surface area (Å²) in [6.45, 7) is -0.304. The van der Waals surface area contributed by atoms with E-state index in [4.69, 9.17) is 0 Å². The molecule has 2 heterocycles. The zero-order valence-corrected chi connectivity index (χ0v) is 11.3. The molecule has 0 aliphatic rings. The fraction of sp³-hybridized carbons (Fsp3) is 0.133. The molecule has 3 rings (SSSR count). The molecule has 1 unspecified atom stereocenters. The van der Waals surface area contributed by atoms with Gasteiger partial charge in [-0.1, -0.05) is 6.07 Å². The summed E-state index contributed by atoms with van der Waals surface area (Å²) in [6.07, 6.45) is 2.60. The molecule has 5 nitrogen and oxygen atoms in total. The van der Waals surface area contributed by atoms with Gasteiger partial charge in [-0.25, -0.2) is 13.8 Å². The van der Waals surface area contributed by atoms with Gasteiger partial charge in [0.25, 0.3) is 5.56 Å². The quantitative estimate of drug-likeness (QED) is 0.801. The van der Waals surface area contributed by atoms with Gasteiger partial charge in [-0.2, -0.15) is 0 Å². The largest absolute Gasteiger partial charge is 0.386 e. The minimum absolute atomic E-state index is 0.304. The third kappa shape index (κ3) is 2.46. The van der Waals surface area contributed by atoms with Crippen molar-refractivity contribution in [1.82, 2.24) is 14.5 Å². The first-order valence-electron chi connectivity index (χ1n) is 6.49. The monoisotopic (exact) mass is 303 g/mol. The van der Waals surface area contributed by atoms with Crippen molar-refractivity contribution in [3.63, 3.8) is 0 Å². The van der Waals surface area contributed by atoms with Gasteiger partial charge in [0.05, 0.1) is 35.5 Å². The molecule has 0 radical (unpaired) electrons. The molecular formula is C15H11F2N3O2. The molecule has 112 valence electrons. The number of fused-ring (bicyclic) bond motifs is 1. The normalized spacial score (nSPS) is 12.5. The number of benzene rings is 1. The Hall–Kier alpha value is -2.67. The van der Waals surface area contributed by atoms with Crippen LogP contribution in [0.15, 0.2) is 47.8 Å². The highest BCUT2D eigenvalue weighted by atomic mass is 19.1. The van der Waals surface area contributed by atoms with Crippen LogP contribution in [-0.2, 0) is 6.54 Å². The number of aliphatic hydroxyl groups excluding tert-OH is 1. The fourth-order valence-corrected chi connectivity index (χ4v) is 2.25. The number of aliphatic hydroxyl groups is 1. The number of rotatable bonds is 3. The van der Waals surface area contributed by atoms with Crippen molar-refractivity contribution in [1.29, 1.82) is 0 Å². The first-order chi connectivity index (χ1) is 10.6. The van der Waals surface area contributed by atoms with Crippen molar-refractivity contribution in [3.8, 4) is 0 Å². The minimum Gasteiger partial charge on any atom is -0.386 e. The Morgan fingerprint density at radius 2 is 1.95 bits per heavy atom. The van der Waals surface area contributed by atoms with Gasteiger partial charge in [0.1, 0.15) is 17.7 Å². The maximum Gasteiger partial charge on any atom is 0.261 e. The molecule has 0 bridgehead atoms. The Labute approximate surface area is 123 Å². The van der Waals surface area contributed by atoms with Crippen LogP contribution in [0, 0.1) is 11.6 Å². The van der Waals surface area contributed by atoms with Crippen molar-refractivity contribution in [2.45, 2.75) is 12.6 Å². The maximum atomic E-state index is 13.6. The maximum absolute atomic E-state index is 13.6. The van der Waals surface area contributed by atoms with Gasteiger partial charge in [0, 0.05) is 6.20 Å². The molecule has 0 aliphatic heterocycles. The van der Waals surface area contributed by atoms with E-state index in [9.17, 15) is 18.7 Å². The highest BCUT2D eigenvalue weighted by molar-refractivity contribution is 5.75. The molecule has 0 saturated carbocycles. The van der Waals surface area contributed by atoms with E-state index in [1.807, 2.05) is 0 Å². The Bertz CT molecular complexity index is 875. The van der Waals surface area contributed by atoms with Gasteiger partial charge in [-0.05, 0) is 18.2 Å². The van der Waals surface area contributed by atoms with Crippen LogP contribution in [-0.4, -0.2) is 19.6 Å². The number of pyridine rings is 1. The summed E-state index contributed by atoms with van der Waals surface area (Å²) in [7, 11) is 0. The van der Waals surface area contributed by atoms with Gasteiger partial charge >= 0.3 is 0 Å². The summed E-state index contributed by atoms with van der Waals surface area (Å²) in [5, 5.41) is 10.4. The van der Waals surface area contributed by atoms with Crippen LogP contribution >= 0.6 is 0 Å². The molecule has 0 spiro atoms. The Morgan fingerprint density at radius 3 is 2.68 bits per heavy atom. The molecular weight excluding hydrogens is 292 g/mol. The Morgan fingerprint density at radius 1 is 1.23 bits per heavy atom. The minimum atomic E-state index is -1.50. The van der Waals surface area contributed by atoms with Crippen molar-refractivity contribution in [2.75, 3.05) is 0 Å². The van der Waals surface area contributed by atoms with Crippen LogP contribution in [0.2, 0.25) is 0 Å². The second-order valence-corrected chi connectivity index (χ2v) is 4.75. The molecule has 0 fully saturated rings. The van der Waals surface area contributed by atoms with Gasteiger partial charge in [-0.15, -0.1) is 0 Å². The second-order valence-electron chi connectivity index (χ2n) is 4.75. The summed E-state index contributed by atoms with van der Waals surface area (Å²) in [4.78, 5) is 20.2. The lowest BCUT2D eigenvalue weighted by Crippen LogP contribution is -2.24. The van der Waals surface area contributed by atoms with Crippen molar-refractivity contribution < 1.29 is 13.9 Å². The van der Waals surface area contributed by atoms with Crippen molar-refractivity contribution >= 4 is 10.9 Å². The smallest absolute Gasteiger partial charge is 0.261 e. The average Bonchev–Trinajstić information content (AvgIpc) is 2.50. The van der Waals surface area contributed by atoms with Gasteiger partial charge in [0.15, 0.2) is 0 Å². The van der Waals surface area contributed by atoms with Crippen molar-refractivity contribution in [3.05, 3.63) is 70.5 Å². The first-order valence-corrected chi connectivity index (χ1v) is 6.49. The van der Waals surface area contributed by atoms with E-state index < -0.39 is 28.9 Å². The van der Waals surface area contributed by atoms with Crippen LogP contribution in [0.4, 0.5) is 8.78 Å². The summed E-state index contributed by atoms with van der Waals surface area (Å²) >= 11 is 0. The molecule has 0 saturated heterocycles. The van der Waals surface area contributed by atoms with Gasteiger partial charge in [0.2, 0.25) is 0 Å². The molecule has 0 amide bonds. The van der Waals surface area contributed by atoms with E-state index in [1.165, 1.54) is 30.9 Å². The molecule has 3 aromatic rings. The van der Waals surface area contributed by atoms with E-state index in [2.05, 4.69) is 9.97 Å². The predicted molar refractivity (Wildman–Crippen MR) is 75.1 cm³/mol. The predicted octanol–water partition coefficient (Wildman–Crippen LogP) is 1.80. The molecule has 1 N–H and O–H groups in total. The number of halogens is 2. The third-order valence-corrected chi connectivity index (χ3v) is 3.33. The second kappa shape index (κ2) is 5.61. The van der Waals surface area contributed by atoms with Crippen LogP contribution < -0.4 is 5.56 Å².